The molecular formula is C11H15N5O2. The van der Waals surface area contributed by atoms with Gasteiger partial charge in [-0.1, -0.05) is 0 Å². The maximum atomic E-state index is 11.9. The van der Waals surface area contributed by atoms with Gasteiger partial charge in [-0.15, -0.1) is 0 Å². The molecule has 1 saturated heterocycles. The van der Waals surface area contributed by atoms with Crippen molar-refractivity contribution in [2.24, 2.45) is 0 Å². The second-order valence-corrected chi connectivity index (χ2v) is 4.00. The molecular weight excluding hydrogens is 234 g/mol. The fourth-order valence-corrected chi connectivity index (χ4v) is 1.71. The average Bonchev–Trinajstić information content (AvgIpc) is 2.75. The maximum Gasteiger partial charge on any atom is 0.271 e. The topological polar surface area (TPSA) is 96.0 Å². The number of nitrogens with zero attached hydrogens (tertiary/aromatic N) is 2. The lowest BCUT2D eigenvalue weighted by Crippen LogP contribution is -2.36. The molecule has 2 heterocycles. The number of nitrogens with one attached hydrogen (secondary N) is 3. The molecule has 7 nitrogen and oxygen atoms in total. The third-order valence-corrected chi connectivity index (χ3v) is 2.54. The molecule has 0 bridgehead atoms. The smallest absolute Gasteiger partial charge is 0.271 e. The van der Waals surface area contributed by atoms with Crippen molar-refractivity contribution in [1.82, 2.24) is 20.6 Å². The summed E-state index contributed by atoms with van der Waals surface area (Å²) in [5.74, 6) is 0.197. The van der Waals surface area contributed by atoms with Crippen LogP contribution in [0.5, 0.6) is 0 Å². The first-order valence-corrected chi connectivity index (χ1v) is 5.82. The van der Waals surface area contributed by atoms with Gasteiger partial charge in [0.05, 0.1) is 18.4 Å². The lowest BCUT2D eigenvalue weighted by atomic mass is 10.2. The van der Waals surface area contributed by atoms with E-state index in [1.54, 1.807) is 6.20 Å². The first kappa shape index (κ1) is 12.3. The maximum absolute atomic E-state index is 11.9. The van der Waals surface area contributed by atoms with E-state index in [0.29, 0.717) is 25.3 Å². The number of amides is 2. The summed E-state index contributed by atoms with van der Waals surface area (Å²) in [6.45, 7) is 3.11. The van der Waals surface area contributed by atoms with Crippen molar-refractivity contribution >= 4 is 17.6 Å². The number of carbonyl (C=O) groups is 2. The molecule has 3 N–H and O–H groups in total. The quantitative estimate of drug-likeness (QED) is 0.670. The van der Waals surface area contributed by atoms with Gasteiger partial charge < -0.3 is 16.0 Å². The fourth-order valence-electron chi connectivity index (χ4n) is 1.71. The first-order chi connectivity index (χ1) is 8.69. The van der Waals surface area contributed by atoms with E-state index in [1.165, 1.54) is 6.20 Å². The molecule has 1 fully saturated rings. The summed E-state index contributed by atoms with van der Waals surface area (Å²) in [5, 5.41) is 8.38. The van der Waals surface area contributed by atoms with Crippen LogP contribution in [-0.4, -0.2) is 40.9 Å². The highest BCUT2D eigenvalue weighted by atomic mass is 16.2. The normalized spacial score (nSPS) is 18.3. The van der Waals surface area contributed by atoms with Gasteiger partial charge in [-0.25, -0.2) is 4.98 Å². The van der Waals surface area contributed by atoms with Crippen molar-refractivity contribution in [1.29, 1.82) is 0 Å². The summed E-state index contributed by atoms with van der Waals surface area (Å²) >= 11 is 0. The van der Waals surface area contributed by atoms with Gasteiger partial charge in [0, 0.05) is 19.5 Å². The van der Waals surface area contributed by atoms with Gasteiger partial charge in [-0.3, -0.25) is 14.6 Å². The Morgan fingerprint density at radius 1 is 1.56 bits per heavy atom. The summed E-state index contributed by atoms with van der Waals surface area (Å²) in [6, 6.07) is -0.172. The standard InChI is InChI=1S/C11H15N5O2/c1-2-13-9-6-12-5-8(16-9)11(18)15-7-3-10(17)14-4-7/h5-7H,2-4H2,1H3,(H,13,16)(H,14,17)(H,15,18). The van der Waals surface area contributed by atoms with Crippen LogP contribution in [0.4, 0.5) is 5.82 Å². The molecule has 1 aromatic heterocycles. The minimum atomic E-state index is -0.316. The van der Waals surface area contributed by atoms with Gasteiger partial charge in [-0.2, -0.15) is 0 Å². The minimum Gasteiger partial charge on any atom is -0.369 e. The minimum absolute atomic E-state index is 0.0483. The van der Waals surface area contributed by atoms with Crippen molar-refractivity contribution in [3.8, 4) is 0 Å². The predicted molar refractivity (Wildman–Crippen MR) is 65.1 cm³/mol. The van der Waals surface area contributed by atoms with Crippen LogP contribution in [0.2, 0.25) is 0 Å². The summed E-state index contributed by atoms with van der Waals surface area (Å²) in [6.07, 6.45) is 3.27. The van der Waals surface area contributed by atoms with Crippen LogP contribution in [0.1, 0.15) is 23.8 Å². The molecule has 18 heavy (non-hydrogen) atoms. The van der Waals surface area contributed by atoms with Crippen molar-refractivity contribution in [2.45, 2.75) is 19.4 Å². The van der Waals surface area contributed by atoms with E-state index < -0.39 is 0 Å². The zero-order valence-corrected chi connectivity index (χ0v) is 10.1. The summed E-state index contributed by atoms with van der Waals surface area (Å²) in [4.78, 5) is 31.0. The first-order valence-electron chi connectivity index (χ1n) is 5.82. The molecule has 1 aliphatic rings. The van der Waals surface area contributed by atoms with Gasteiger partial charge >= 0.3 is 0 Å². The van der Waals surface area contributed by atoms with Crippen molar-refractivity contribution in [3.63, 3.8) is 0 Å². The van der Waals surface area contributed by atoms with Crippen molar-refractivity contribution in [3.05, 3.63) is 18.1 Å². The van der Waals surface area contributed by atoms with Gasteiger partial charge in [0.2, 0.25) is 5.91 Å². The molecule has 96 valence electrons. The second kappa shape index (κ2) is 5.44. The Labute approximate surface area is 104 Å². The Morgan fingerprint density at radius 3 is 3.06 bits per heavy atom. The van der Waals surface area contributed by atoms with Crippen LogP contribution < -0.4 is 16.0 Å². The third kappa shape index (κ3) is 2.93. The Bertz CT molecular complexity index is 463. The molecule has 2 rings (SSSR count). The second-order valence-electron chi connectivity index (χ2n) is 4.00. The number of hydrogen-bond acceptors (Lipinski definition) is 5. The van der Waals surface area contributed by atoms with E-state index in [4.69, 9.17) is 0 Å². The molecule has 0 aromatic carbocycles. The molecule has 2 amide bonds. The van der Waals surface area contributed by atoms with Crippen LogP contribution in [-0.2, 0) is 4.79 Å². The molecule has 0 aliphatic carbocycles. The third-order valence-electron chi connectivity index (χ3n) is 2.54. The Balaban J connectivity index is 1.99. The molecule has 7 heteroatoms. The Hall–Kier alpha value is -2.18. The average molecular weight is 249 g/mol. The lowest BCUT2D eigenvalue weighted by Gasteiger charge is -2.10. The Kier molecular flexibility index (Phi) is 3.71. The van der Waals surface area contributed by atoms with E-state index in [2.05, 4.69) is 25.9 Å². The number of aromatic nitrogens is 2. The van der Waals surface area contributed by atoms with Crippen molar-refractivity contribution < 1.29 is 9.59 Å². The van der Waals surface area contributed by atoms with E-state index in [9.17, 15) is 9.59 Å². The fraction of sp³-hybridized carbons (Fsp3) is 0.455. The predicted octanol–water partition coefficient (Wildman–Crippen LogP) is -0.473. The van der Waals surface area contributed by atoms with Gasteiger partial charge in [0.15, 0.2) is 0 Å². The zero-order chi connectivity index (χ0) is 13.0. The monoisotopic (exact) mass is 249 g/mol. The summed E-state index contributed by atoms with van der Waals surface area (Å²) < 4.78 is 0. The molecule has 1 unspecified atom stereocenters. The molecule has 1 aliphatic heterocycles. The zero-order valence-electron chi connectivity index (χ0n) is 10.1. The van der Waals surface area contributed by atoms with E-state index >= 15 is 0 Å². The summed E-state index contributed by atoms with van der Waals surface area (Å²) in [7, 11) is 0. The Morgan fingerprint density at radius 2 is 2.39 bits per heavy atom. The van der Waals surface area contributed by atoms with Gasteiger partial charge in [0.1, 0.15) is 11.5 Å². The number of hydrogen-bond donors (Lipinski definition) is 3. The van der Waals surface area contributed by atoms with E-state index in [-0.39, 0.29) is 23.6 Å². The van der Waals surface area contributed by atoms with Crippen LogP contribution in [0, 0.1) is 0 Å². The molecule has 0 saturated carbocycles. The number of anilines is 1. The molecule has 0 radical (unpaired) electrons. The highest BCUT2D eigenvalue weighted by Crippen LogP contribution is 2.04. The SMILES string of the molecule is CCNc1cncc(C(=O)NC2CNC(=O)C2)n1. The number of carbonyl (C=O) groups excluding carboxylic acids is 2. The van der Waals surface area contributed by atoms with Crippen molar-refractivity contribution in [2.75, 3.05) is 18.4 Å². The largest absolute Gasteiger partial charge is 0.369 e. The molecule has 0 spiro atoms. The lowest BCUT2D eigenvalue weighted by molar-refractivity contribution is -0.119. The van der Waals surface area contributed by atoms with Crippen LogP contribution in [0.3, 0.4) is 0 Å². The van der Waals surface area contributed by atoms with Crippen LogP contribution in [0.15, 0.2) is 12.4 Å². The van der Waals surface area contributed by atoms with Gasteiger partial charge in [0.25, 0.3) is 5.91 Å². The highest BCUT2D eigenvalue weighted by molar-refractivity contribution is 5.93. The van der Waals surface area contributed by atoms with Crippen LogP contribution in [0.25, 0.3) is 0 Å². The van der Waals surface area contributed by atoms with E-state index in [0.717, 1.165) is 0 Å². The molecule has 1 aromatic rings. The van der Waals surface area contributed by atoms with E-state index in [1.807, 2.05) is 6.92 Å². The van der Waals surface area contributed by atoms with Crippen LogP contribution >= 0.6 is 0 Å². The summed E-state index contributed by atoms with van der Waals surface area (Å²) in [5.41, 5.74) is 0.243. The highest BCUT2D eigenvalue weighted by Gasteiger charge is 2.23. The number of rotatable bonds is 4. The van der Waals surface area contributed by atoms with Gasteiger partial charge in [-0.05, 0) is 6.92 Å². The molecule has 1 atom stereocenters.